The maximum Gasteiger partial charge on any atom is 0.407 e. The molecule has 1 unspecified atom stereocenters. The highest BCUT2D eigenvalue weighted by molar-refractivity contribution is 5.91. The third kappa shape index (κ3) is 5.36. The predicted molar refractivity (Wildman–Crippen MR) is 131 cm³/mol. The van der Waals surface area contributed by atoms with Crippen LogP contribution in [0.5, 0.6) is 0 Å². The van der Waals surface area contributed by atoms with E-state index in [0.29, 0.717) is 25.8 Å². The van der Waals surface area contributed by atoms with Gasteiger partial charge in [-0.2, -0.15) is 5.06 Å². The third-order valence-corrected chi connectivity index (χ3v) is 7.72. The zero-order valence-electron chi connectivity index (χ0n) is 21.5. The monoisotopic (exact) mass is 513 g/mol. The van der Waals surface area contributed by atoms with Crippen LogP contribution in [0.15, 0.2) is 30.3 Å². The molecule has 4 fully saturated rings. The highest BCUT2D eigenvalue weighted by atomic mass is 16.7. The summed E-state index contributed by atoms with van der Waals surface area (Å²) in [5.41, 5.74) is 5.29. The minimum Gasteiger partial charge on any atom is -0.444 e. The van der Waals surface area contributed by atoms with Gasteiger partial charge in [0, 0.05) is 18.5 Å². The van der Waals surface area contributed by atoms with Crippen LogP contribution in [0.2, 0.25) is 0 Å². The molecule has 2 heterocycles. The smallest absolute Gasteiger partial charge is 0.407 e. The Morgan fingerprint density at radius 3 is 2.38 bits per heavy atom. The Kier molecular flexibility index (Phi) is 6.51. The molecule has 5 amide bonds. The molecule has 2 saturated carbocycles. The molecule has 11 heteroatoms. The van der Waals surface area contributed by atoms with Crippen LogP contribution in [0.1, 0.15) is 58.4 Å². The van der Waals surface area contributed by atoms with Crippen molar-refractivity contribution in [2.24, 2.45) is 11.3 Å². The number of fused-ring (bicyclic) bond motifs is 3. The number of benzene rings is 1. The number of nitrogens with one attached hydrogen (secondary N) is 3. The summed E-state index contributed by atoms with van der Waals surface area (Å²) < 4.78 is 5.23. The fourth-order valence-corrected chi connectivity index (χ4v) is 5.46. The second-order valence-corrected chi connectivity index (χ2v) is 11.6. The zero-order chi connectivity index (χ0) is 26.4. The molecule has 1 aromatic carbocycles. The average Bonchev–Trinajstić information content (AvgIpc) is 3.53. The minimum absolute atomic E-state index is 0.0771. The van der Waals surface area contributed by atoms with Crippen molar-refractivity contribution in [1.29, 1.82) is 0 Å². The van der Waals surface area contributed by atoms with Gasteiger partial charge < -0.3 is 15.0 Å². The molecule has 1 aromatic rings. The molecule has 3 N–H and O–H groups in total. The molecule has 200 valence electrons. The third-order valence-electron chi connectivity index (χ3n) is 7.72. The van der Waals surface area contributed by atoms with Crippen molar-refractivity contribution in [2.45, 2.75) is 83.2 Å². The van der Waals surface area contributed by atoms with Crippen LogP contribution in [0, 0.1) is 11.3 Å². The van der Waals surface area contributed by atoms with Crippen molar-refractivity contribution < 1.29 is 28.8 Å². The average molecular weight is 514 g/mol. The lowest BCUT2D eigenvalue weighted by Crippen LogP contribution is -2.58. The number of hydrogen-bond acceptors (Lipinski definition) is 6. The van der Waals surface area contributed by atoms with Crippen LogP contribution in [0.3, 0.4) is 0 Å². The fourth-order valence-electron chi connectivity index (χ4n) is 5.46. The maximum absolute atomic E-state index is 13.2. The van der Waals surface area contributed by atoms with E-state index in [0.717, 1.165) is 18.4 Å². The Morgan fingerprint density at radius 1 is 1.05 bits per heavy atom. The summed E-state index contributed by atoms with van der Waals surface area (Å²) >= 11 is 0. The van der Waals surface area contributed by atoms with Crippen molar-refractivity contribution in [3.05, 3.63) is 35.9 Å². The van der Waals surface area contributed by atoms with E-state index in [2.05, 4.69) is 16.2 Å². The van der Waals surface area contributed by atoms with Crippen LogP contribution in [0.4, 0.5) is 9.59 Å². The van der Waals surface area contributed by atoms with Gasteiger partial charge in [-0.25, -0.2) is 9.59 Å². The number of carbonyl (C=O) groups excluding carboxylic acids is 4. The molecule has 37 heavy (non-hydrogen) atoms. The van der Waals surface area contributed by atoms with Gasteiger partial charge in [0.15, 0.2) is 0 Å². The van der Waals surface area contributed by atoms with Gasteiger partial charge in [-0.15, -0.1) is 0 Å². The summed E-state index contributed by atoms with van der Waals surface area (Å²) in [5, 5.41) is 4.21. The molecular formula is C26H35N5O6. The number of hydroxylamine groups is 2. The molecule has 2 bridgehead atoms. The molecule has 2 aliphatic heterocycles. The summed E-state index contributed by atoms with van der Waals surface area (Å²) in [7, 11) is 0. The molecule has 1 spiro atoms. The lowest BCUT2D eigenvalue weighted by atomic mass is 9.80. The molecule has 2 atom stereocenters. The largest absolute Gasteiger partial charge is 0.444 e. The Hall–Kier alpha value is -3.34. The lowest BCUT2D eigenvalue weighted by Gasteiger charge is -2.36. The first-order valence-electron chi connectivity index (χ1n) is 12.9. The number of hydrazine groups is 1. The molecule has 11 nitrogen and oxygen atoms in total. The zero-order valence-corrected chi connectivity index (χ0v) is 21.5. The van der Waals surface area contributed by atoms with Crippen molar-refractivity contribution in [1.82, 2.24) is 26.1 Å². The van der Waals surface area contributed by atoms with Crippen LogP contribution in [-0.4, -0.2) is 64.2 Å². The molecular weight excluding hydrogens is 478 g/mol. The number of piperidine rings is 1. The minimum atomic E-state index is -0.667. The van der Waals surface area contributed by atoms with Gasteiger partial charge in [-0.3, -0.25) is 25.3 Å². The van der Waals surface area contributed by atoms with E-state index in [1.165, 1.54) is 5.06 Å². The highest BCUT2D eigenvalue weighted by Gasteiger charge is 2.64. The Morgan fingerprint density at radius 2 is 1.73 bits per heavy atom. The van der Waals surface area contributed by atoms with Crippen LogP contribution >= 0.6 is 0 Å². The summed E-state index contributed by atoms with van der Waals surface area (Å²) in [5.74, 6) is -1.04. The van der Waals surface area contributed by atoms with Crippen LogP contribution < -0.4 is 16.2 Å². The number of rotatable bonds is 6. The Balaban J connectivity index is 1.10. The molecule has 2 aliphatic carbocycles. The summed E-state index contributed by atoms with van der Waals surface area (Å²) in [4.78, 5) is 58.1. The van der Waals surface area contributed by atoms with Crippen molar-refractivity contribution >= 4 is 23.9 Å². The first-order chi connectivity index (χ1) is 17.5. The maximum atomic E-state index is 13.2. The fraction of sp³-hybridized carbons (Fsp3) is 0.615. The summed E-state index contributed by atoms with van der Waals surface area (Å²) in [6.45, 7) is 6.07. The number of ether oxygens (including phenoxy) is 1. The van der Waals surface area contributed by atoms with Gasteiger partial charge in [-0.1, -0.05) is 30.3 Å². The van der Waals surface area contributed by atoms with Gasteiger partial charge in [0.2, 0.25) is 5.91 Å². The van der Waals surface area contributed by atoms with Crippen molar-refractivity contribution in [2.75, 3.05) is 6.54 Å². The lowest BCUT2D eigenvalue weighted by molar-refractivity contribution is -0.153. The van der Waals surface area contributed by atoms with Gasteiger partial charge in [0.05, 0.1) is 6.04 Å². The standard InChI is InChI=1S/C26H35N5O6/c1-25(2,3)37-23(34)27-18-11-17(12-18)21(32)28-29-22(33)19-13-26(9-10-26)20-14-30(19)24(35)31(20)36-15-16-7-5-4-6-8-16/h4-8,17-20H,9-15H2,1-3H3,(H,27,34)(H,28,32)(H,29,33)/t17?,18?,19?,20-/m0/s1. The predicted octanol–water partition coefficient (Wildman–Crippen LogP) is 2.23. The Labute approximate surface area is 216 Å². The number of hydrogen-bond donors (Lipinski definition) is 3. The number of nitrogens with zero attached hydrogens (tertiary/aromatic N) is 2. The highest BCUT2D eigenvalue weighted by Crippen LogP contribution is 2.59. The van der Waals surface area contributed by atoms with E-state index in [4.69, 9.17) is 9.57 Å². The number of amides is 5. The quantitative estimate of drug-likeness (QED) is 0.501. The van der Waals surface area contributed by atoms with E-state index in [1.54, 1.807) is 25.7 Å². The topological polar surface area (TPSA) is 129 Å². The molecule has 2 saturated heterocycles. The normalized spacial score (nSPS) is 27.4. The first-order valence-corrected chi connectivity index (χ1v) is 12.9. The SMILES string of the molecule is CC(C)(C)OC(=O)NC1CC(C(=O)NNC(=O)C2CC3(CC3)[C@@H]3CN2C(=O)N3OCc2ccccc2)C1. The summed E-state index contributed by atoms with van der Waals surface area (Å²) in [6, 6.07) is 8.45. The second-order valence-electron chi connectivity index (χ2n) is 11.6. The van der Waals surface area contributed by atoms with E-state index in [9.17, 15) is 19.2 Å². The molecule has 4 aliphatic rings. The van der Waals surface area contributed by atoms with Crippen molar-refractivity contribution in [3.63, 3.8) is 0 Å². The summed E-state index contributed by atoms with van der Waals surface area (Å²) in [6.07, 6.45) is 2.84. The van der Waals surface area contributed by atoms with Gasteiger partial charge >= 0.3 is 12.1 Å². The van der Waals surface area contributed by atoms with Crippen molar-refractivity contribution in [3.8, 4) is 0 Å². The van der Waals surface area contributed by atoms with Crippen LogP contribution in [-0.2, 0) is 25.8 Å². The van der Waals surface area contributed by atoms with Gasteiger partial charge in [0.25, 0.3) is 5.91 Å². The van der Waals surface area contributed by atoms with Crippen LogP contribution in [0.25, 0.3) is 0 Å². The van der Waals surface area contributed by atoms with Gasteiger partial charge in [0.1, 0.15) is 18.2 Å². The number of urea groups is 1. The van der Waals surface area contributed by atoms with Gasteiger partial charge in [-0.05, 0) is 63.9 Å². The Bertz CT molecular complexity index is 1060. The van der Waals surface area contributed by atoms with E-state index >= 15 is 0 Å². The molecule has 5 rings (SSSR count). The number of carbonyl (C=O) groups is 4. The first kappa shape index (κ1) is 25.3. The van der Waals surface area contributed by atoms with E-state index in [1.807, 2.05) is 30.3 Å². The number of alkyl carbamates (subject to hydrolysis) is 1. The van der Waals surface area contributed by atoms with E-state index in [-0.39, 0.29) is 42.0 Å². The molecule has 0 aromatic heterocycles. The van der Waals surface area contributed by atoms with E-state index < -0.39 is 23.6 Å². The molecule has 0 radical (unpaired) electrons. The second kappa shape index (κ2) is 9.51.